The summed E-state index contributed by atoms with van der Waals surface area (Å²) in [4.78, 5) is 8.98. The molecule has 0 amide bonds. The molecule has 2 aromatic rings. The van der Waals surface area contributed by atoms with Crippen molar-refractivity contribution in [2.24, 2.45) is 5.92 Å². The Morgan fingerprint density at radius 2 is 2.00 bits per heavy atom. The van der Waals surface area contributed by atoms with E-state index in [0.717, 1.165) is 25.7 Å². The number of nitrogens with zero attached hydrogens (tertiary/aromatic N) is 4. The van der Waals surface area contributed by atoms with Crippen molar-refractivity contribution in [3.05, 3.63) is 41.1 Å². The molecule has 2 bridgehead atoms. The number of hydrogen-bond acceptors (Lipinski definition) is 6. The van der Waals surface area contributed by atoms with Crippen molar-refractivity contribution in [2.75, 3.05) is 44.8 Å². The lowest BCUT2D eigenvalue weighted by Crippen LogP contribution is -2.44. The zero-order valence-electron chi connectivity index (χ0n) is 19.1. The molecule has 4 rings (SSSR count). The van der Waals surface area contributed by atoms with Crippen LogP contribution in [0.4, 0.5) is 24.5 Å². The molecule has 3 unspecified atom stereocenters. The number of nitrogens with two attached hydrogens (primary N) is 1. The maximum Gasteiger partial charge on any atom is 0.416 e. The highest BCUT2D eigenvalue weighted by Gasteiger charge is 2.46. The van der Waals surface area contributed by atoms with Crippen LogP contribution in [0.5, 0.6) is 0 Å². The summed E-state index contributed by atoms with van der Waals surface area (Å²) in [6.45, 7) is 5.09. The minimum Gasteiger partial charge on any atom is -0.395 e. The van der Waals surface area contributed by atoms with E-state index in [1.165, 1.54) is 6.07 Å². The minimum absolute atomic E-state index is 0.0192. The van der Waals surface area contributed by atoms with Gasteiger partial charge in [0.25, 0.3) is 0 Å². The molecule has 33 heavy (non-hydrogen) atoms. The average Bonchev–Trinajstić information content (AvgIpc) is 3.23. The second-order valence-electron chi connectivity index (χ2n) is 9.08. The van der Waals surface area contributed by atoms with Gasteiger partial charge < -0.3 is 16.0 Å². The van der Waals surface area contributed by atoms with Gasteiger partial charge in [-0.05, 0) is 50.0 Å². The highest BCUT2D eigenvalue weighted by atomic mass is 19.4. The van der Waals surface area contributed by atoms with Crippen LogP contribution in [0.25, 0.3) is 11.3 Å². The van der Waals surface area contributed by atoms with Crippen molar-refractivity contribution in [2.45, 2.75) is 38.0 Å². The van der Waals surface area contributed by atoms with Crippen LogP contribution in [-0.2, 0) is 12.6 Å². The van der Waals surface area contributed by atoms with Gasteiger partial charge in [-0.15, -0.1) is 0 Å². The van der Waals surface area contributed by atoms with Crippen LogP contribution >= 0.6 is 0 Å². The number of pyridine rings is 1. The molecule has 1 aromatic heterocycles. The normalized spacial score (nSPS) is 23.1. The predicted octanol–water partition coefficient (Wildman–Crippen LogP) is 3.83. The van der Waals surface area contributed by atoms with E-state index < -0.39 is 11.7 Å². The third-order valence-corrected chi connectivity index (χ3v) is 7.18. The van der Waals surface area contributed by atoms with E-state index in [9.17, 15) is 18.4 Å². The first-order valence-corrected chi connectivity index (χ1v) is 11.2. The molecule has 2 aliphatic rings. The van der Waals surface area contributed by atoms with Gasteiger partial charge in [0, 0.05) is 37.8 Å². The Bertz CT molecular complexity index is 1080. The van der Waals surface area contributed by atoms with Crippen molar-refractivity contribution in [1.82, 2.24) is 14.8 Å². The third kappa shape index (κ3) is 4.37. The monoisotopic (exact) mass is 458 g/mol. The number of anilines is 2. The lowest BCUT2D eigenvalue weighted by molar-refractivity contribution is -0.138. The summed E-state index contributed by atoms with van der Waals surface area (Å²) in [5.41, 5.74) is 6.69. The minimum atomic E-state index is -4.48. The lowest BCUT2D eigenvalue weighted by atomic mass is 9.97. The fraction of sp³-hybridized carbons (Fsp3) is 0.500. The van der Waals surface area contributed by atoms with Crippen molar-refractivity contribution in [1.29, 1.82) is 5.26 Å². The van der Waals surface area contributed by atoms with Crippen LogP contribution in [-0.4, -0.2) is 60.6 Å². The average molecular weight is 459 g/mol. The highest BCUT2D eigenvalue weighted by Crippen LogP contribution is 2.37. The summed E-state index contributed by atoms with van der Waals surface area (Å²) >= 11 is 0. The van der Waals surface area contributed by atoms with Gasteiger partial charge in [0.1, 0.15) is 6.07 Å². The number of aromatic nitrogens is 1. The number of benzene rings is 1. The first-order chi connectivity index (χ1) is 15.6. The van der Waals surface area contributed by atoms with Crippen LogP contribution in [0.1, 0.15) is 30.2 Å². The zero-order chi connectivity index (χ0) is 23.9. The number of rotatable bonds is 6. The summed E-state index contributed by atoms with van der Waals surface area (Å²) in [5, 5.41) is 12.2. The maximum atomic E-state index is 13.9. The summed E-state index contributed by atoms with van der Waals surface area (Å²) in [7, 11) is 3.77. The molecule has 176 valence electrons. The summed E-state index contributed by atoms with van der Waals surface area (Å²) in [6, 6.07) is 8.81. The van der Waals surface area contributed by atoms with Crippen molar-refractivity contribution in [3.8, 4) is 17.3 Å². The van der Waals surface area contributed by atoms with Gasteiger partial charge in [-0.3, -0.25) is 4.90 Å². The molecule has 3 N–H and O–H groups in total. The van der Waals surface area contributed by atoms with Gasteiger partial charge >= 0.3 is 6.18 Å². The number of alkyl halides is 3. The van der Waals surface area contributed by atoms with E-state index in [-0.39, 0.29) is 22.6 Å². The Morgan fingerprint density at radius 1 is 1.24 bits per heavy atom. The fourth-order valence-electron chi connectivity index (χ4n) is 5.33. The molecule has 6 nitrogen and oxygen atoms in total. The molecule has 3 heterocycles. The van der Waals surface area contributed by atoms with Gasteiger partial charge in [-0.25, -0.2) is 4.98 Å². The predicted molar refractivity (Wildman–Crippen MR) is 123 cm³/mol. The van der Waals surface area contributed by atoms with Crippen LogP contribution in [0.2, 0.25) is 0 Å². The summed E-state index contributed by atoms with van der Waals surface area (Å²) in [5.74, 6) is 0.605. The number of piperazine rings is 1. The standard InChI is InChI=1S/C24H29F3N6/c1-14-21-13-33(22(14)12-32(21)3)8-4-5-15-6-7-16(9-17(15)24(25,26)27)18-10-19(30-2)23(29)20(11-28)31-18/h6-7,9-10,14,21-22H,4-5,8,12-13,29H2,1-3H3,(H,30,31). The van der Waals surface area contributed by atoms with Crippen molar-refractivity contribution >= 4 is 11.4 Å². The largest absolute Gasteiger partial charge is 0.416 e. The maximum absolute atomic E-state index is 13.9. The van der Waals surface area contributed by atoms with E-state index in [2.05, 4.69) is 34.1 Å². The molecule has 2 saturated heterocycles. The zero-order valence-corrected chi connectivity index (χ0v) is 19.1. The van der Waals surface area contributed by atoms with Gasteiger partial charge in [0.15, 0.2) is 5.69 Å². The van der Waals surface area contributed by atoms with Gasteiger partial charge in [-0.2, -0.15) is 18.4 Å². The molecule has 2 aliphatic heterocycles. The number of fused-ring (bicyclic) bond motifs is 2. The Kier molecular flexibility index (Phi) is 6.25. The quantitative estimate of drug-likeness (QED) is 0.685. The molecular formula is C24H29F3N6. The number of nitrogen functional groups attached to an aromatic ring is 1. The number of aryl methyl sites for hydroxylation is 1. The Balaban J connectivity index is 1.54. The molecule has 0 aliphatic carbocycles. The summed E-state index contributed by atoms with van der Waals surface area (Å²) in [6.07, 6.45) is -3.45. The van der Waals surface area contributed by atoms with E-state index in [1.807, 2.05) is 6.07 Å². The SMILES string of the molecule is CNc1cc(-c2ccc(CCCN3CC4C(C)C3CN4C)c(C(F)(F)F)c2)nc(C#N)c1N. The Labute approximate surface area is 192 Å². The number of halogens is 3. The lowest BCUT2D eigenvalue weighted by Gasteiger charge is -2.31. The third-order valence-electron chi connectivity index (χ3n) is 7.18. The number of nitriles is 1. The summed E-state index contributed by atoms with van der Waals surface area (Å²) < 4.78 is 41.8. The van der Waals surface area contributed by atoms with Crippen molar-refractivity contribution in [3.63, 3.8) is 0 Å². The van der Waals surface area contributed by atoms with Crippen LogP contribution in [0.15, 0.2) is 24.3 Å². The number of likely N-dealkylation sites (tertiary alicyclic amines) is 2. The molecular weight excluding hydrogens is 429 g/mol. The first kappa shape index (κ1) is 23.3. The van der Waals surface area contributed by atoms with Gasteiger partial charge in [0.05, 0.1) is 22.6 Å². The smallest absolute Gasteiger partial charge is 0.395 e. The number of nitrogens with one attached hydrogen (secondary N) is 1. The second kappa shape index (κ2) is 8.84. The van der Waals surface area contributed by atoms with Crippen LogP contribution in [0.3, 0.4) is 0 Å². The topological polar surface area (TPSA) is 81.2 Å². The van der Waals surface area contributed by atoms with E-state index >= 15 is 0 Å². The number of hydrogen-bond donors (Lipinski definition) is 2. The highest BCUT2D eigenvalue weighted by molar-refractivity contribution is 5.77. The van der Waals surface area contributed by atoms with E-state index in [4.69, 9.17) is 5.73 Å². The molecule has 0 spiro atoms. The molecule has 2 fully saturated rings. The molecule has 0 radical (unpaired) electrons. The van der Waals surface area contributed by atoms with Gasteiger partial charge in [-0.1, -0.05) is 19.1 Å². The number of likely N-dealkylation sites (N-methyl/N-ethyl adjacent to an activating group) is 1. The Hall–Kier alpha value is -2.83. The Morgan fingerprint density at radius 3 is 2.58 bits per heavy atom. The molecule has 1 aromatic carbocycles. The fourth-order valence-corrected chi connectivity index (χ4v) is 5.33. The molecule has 3 atom stereocenters. The van der Waals surface area contributed by atoms with Crippen LogP contribution < -0.4 is 11.1 Å². The second-order valence-corrected chi connectivity index (χ2v) is 9.08. The van der Waals surface area contributed by atoms with Crippen molar-refractivity contribution < 1.29 is 13.2 Å². The van der Waals surface area contributed by atoms with Gasteiger partial charge in [0.2, 0.25) is 0 Å². The van der Waals surface area contributed by atoms with Crippen LogP contribution in [0, 0.1) is 17.2 Å². The van der Waals surface area contributed by atoms with E-state index in [0.29, 0.717) is 42.1 Å². The molecule has 0 saturated carbocycles. The first-order valence-electron chi connectivity index (χ1n) is 11.2. The van der Waals surface area contributed by atoms with E-state index in [1.54, 1.807) is 19.2 Å². The molecule has 9 heteroatoms.